The summed E-state index contributed by atoms with van der Waals surface area (Å²) in [6, 6.07) is 53.9. The van der Waals surface area contributed by atoms with Crippen molar-refractivity contribution in [2.24, 2.45) is 0 Å². The molecule has 0 aliphatic carbocycles. The number of hydrogen-bond donors (Lipinski definition) is 0. The van der Waals surface area contributed by atoms with E-state index in [9.17, 15) is 0 Å². The average molecular weight is 668 g/mol. The van der Waals surface area contributed by atoms with Crippen molar-refractivity contribution in [3.8, 4) is 17.2 Å². The van der Waals surface area contributed by atoms with Gasteiger partial charge in [0.2, 0.25) is 5.95 Å². The Morgan fingerprint density at radius 3 is 2.06 bits per heavy atom. The number of para-hydroxylation sites is 2. The number of rotatable bonds is 2. The maximum Gasteiger partial charge on any atom is 0.235 e. The van der Waals surface area contributed by atoms with Crippen molar-refractivity contribution >= 4 is 108 Å². The number of thiophene rings is 1. The van der Waals surface area contributed by atoms with Crippen LogP contribution in [0.25, 0.3) is 114 Å². The first-order chi connectivity index (χ1) is 25.3. The summed E-state index contributed by atoms with van der Waals surface area (Å²) in [6.45, 7) is 0. The van der Waals surface area contributed by atoms with Gasteiger partial charge >= 0.3 is 0 Å². The van der Waals surface area contributed by atoms with Gasteiger partial charge in [0.05, 0.1) is 27.6 Å². The third-order valence-corrected chi connectivity index (χ3v) is 11.7. The van der Waals surface area contributed by atoms with Gasteiger partial charge in [0, 0.05) is 47.3 Å². The molecule has 0 radical (unpaired) electrons. The van der Waals surface area contributed by atoms with Crippen molar-refractivity contribution in [2.45, 2.75) is 0 Å². The van der Waals surface area contributed by atoms with Crippen LogP contribution in [-0.4, -0.2) is 14.5 Å². The lowest BCUT2D eigenvalue weighted by atomic mass is 9.96. The van der Waals surface area contributed by atoms with Crippen LogP contribution in [-0.2, 0) is 0 Å². The van der Waals surface area contributed by atoms with Crippen molar-refractivity contribution in [1.29, 1.82) is 0 Å². The zero-order valence-electron chi connectivity index (χ0n) is 27.1. The summed E-state index contributed by atoms with van der Waals surface area (Å²) in [6.07, 6.45) is 0. The van der Waals surface area contributed by atoms with Crippen molar-refractivity contribution in [1.82, 2.24) is 14.5 Å². The predicted octanol–water partition coefficient (Wildman–Crippen LogP) is 13.0. The highest BCUT2D eigenvalue weighted by Crippen LogP contribution is 2.45. The van der Waals surface area contributed by atoms with E-state index in [2.05, 4.69) is 150 Å². The number of furan rings is 1. The zero-order chi connectivity index (χ0) is 33.2. The maximum absolute atomic E-state index is 6.70. The number of aromatic nitrogens is 3. The summed E-state index contributed by atoms with van der Waals surface area (Å²) < 4.78 is 11.5. The van der Waals surface area contributed by atoms with Crippen molar-refractivity contribution in [3.63, 3.8) is 0 Å². The molecule has 4 nitrogen and oxygen atoms in total. The monoisotopic (exact) mass is 667 g/mol. The second-order valence-corrected chi connectivity index (χ2v) is 14.4. The molecule has 0 aliphatic rings. The van der Waals surface area contributed by atoms with Gasteiger partial charge in [-0.1, -0.05) is 109 Å². The molecule has 12 aromatic rings. The number of hydrogen-bond acceptors (Lipinski definition) is 4. The van der Waals surface area contributed by atoms with Crippen molar-refractivity contribution in [2.75, 3.05) is 0 Å². The molecule has 0 N–H and O–H groups in total. The minimum absolute atomic E-state index is 0.634. The topological polar surface area (TPSA) is 43.9 Å². The highest BCUT2D eigenvalue weighted by Gasteiger charge is 2.23. The van der Waals surface area contributed by atoms with E-state index in [1.54, 1.807) is 0 Å². The van der Waals surface area contributed by atoms with Gasteiger partial charge in [-0.15, -0.1) is 11.3 Å². The summed E-state index contributed by atoms with van der Waals surface area (Å²) in [5.74, 6) is 0.634. The van der Waals surface area contributed by atoms with E-state index in [-0.39, 0.29) is 0 Å². The maximum atomic E-state index is 6.70. The fourth-order valence-corrected chi connectivity index (χ4v) is 9.58. The van der Waals surface area contributed by atoms with Crippen LogP contribution in [0.5, 0.6) is 0 Å². The molecule has 0 saturated heterocycles. The van der Waals surface area contributed by atoms with Gasteiger partial charge in [-0.25, -0.2) is 9.97 Å². The normalized spacial score (nSPS) is 12.3. The first-order valence-corrected chi connectivity index (χ1v) is 18.0. The molecule has 236 valence electrons. The fraction of sp³-hybridized carbons (Fsp3) is 0. The molecule has 0 amide bonds. The Labute approximate surface area is 294 Å². The average Bonchev–Trinajstić information content (AvgIpc) is 3.87. The van der Waals surface area contributed by atoms with Gasteiger partial charge in [-0.2, -0.15) is 0 Å². The van der Waals surface area contributed by atoms with Crippen LogP contribution in [0.2, 0.25) is 0 Å². The van der Waals surface area contributed by atoms with Crippen molar-refractivity contribution in [3.05, 3.63) is 152 Å². The fourth-order valence-electron chi connectivity index (χ4n) is 8.42. The molecule has 0 unspecified atom stereocenters. The van der Waals surface area contributed by atoms with E-state index in [1.165, 1.54) is 41.7 Å². The summed E-state index contributed by atoms with van der Waals surface area (Å²) in [7, 11) is 0. The molecule has 0 fully saturated rings. The molecule has 4 heterocycles. The molecule has 12 rings (SSSR count). The number of nitrogens with zero attached hydrogens (tertiary/aromatic N) is 3. The van der Waals surface area contributed by atoms with Gasteiger partial charge in [0.1, 0.15) is 11.2 Å². The Hall–Kier alpha value is -6.56. The Balaban J connectivity index is 1.24. The van der Waals surface area contributed by atoms with Crippen LogP contribution in [0.1, 0.15) is 0 Å². The molecule has 8 aromatic carbocycles. The van der Waals surface area contributed by atoms with Crippen molar-refractivity contribution < 1.29 is 4.42 Å². The molecule has 4 aromatic heterocycles. The molecule has 5 heteroatoms. The van der Waals surface area contributed by atoms with Crippen LogP contribution in [0, 0.1) is 0 Å². The Morgan fingerprint density at radius 1 is 0.471 bits per heavy atom. The van der Waals surface area contributed by atoms with Gasteiger partial charge in [0.15, 0.2) is 0 Å². The smallest absolute Gasteiger partial charge is 0.235 e. The number of fused-ring (bicyclic) bond motifs is 15. The first-order valence-electron chi connectivity index (χ1n) is 17.2. The van der Waals surface area contributed by atoms with Crippen LogP contribution in [0.4, 0.5) is 0 Å². The van der Waals surface area contributed by atoms with Crippen LogP contribution >= 0.6 is 11.3 Å². The molecular formula is C46H25N3OS. The highest BCUT2D eigenvalue weighted by atomic mass is 32.1. The molecular weight excluding hydrogens is 643 g/mol. The lowest BCUT2D eigenvalue weighted by Gasteiger charge is -2.14. The predicted molar refractivity (Wildman–Crippen MR) is 214 cm³/mol. The summed E-state index contributed by atoms with van der Waals surface area (Å²) >= 11 is 1.84. The summed E-state index contributed by atoms with van der Waals surface area (Å²) in [5, 5.41) is 12.8. The largest absolute Gasteiger partial charge is 0.455 e. The second kappa shape index (κ2) is 10.0. The van der Waals surface area contributed by atoms with E-state index in [4.69, 9.17) is 14.4 Å². The standard InChI is InChI=1S/C46H25N3OS/c1-2-12-27-26(11-1)21-23-36-42(27)43-37(24-22-31-29-14-6-9-19-38(29)50-45(31)43)49(36)46-47-35-18-8-5-16-32(35)44(48-46)34-25-40-41(30-15-4-3-13-28(30)34)33-17-7-10-20-39(33)51-40/h1-25H. The summed E-state index contributed by atoms with van der Waals surface area (Å²) in [4.78, 5) is 10.9. The van der Waals surface area contributed by atoms with E-state index in [0.717, 1.165) is 65.9 Å². The lowest BCUT2D eigenvalue weighted by Crippen LogP contribution is -2.03. The van der Waals surface area contributed by atoms with E-state index >= 15 is 0 Å². The summed E-state index contributed by atoms with van der Waals surface area (Å²) in [5.41, 5.74) is 6.76. The minimum Gasteiger partial charge on any atom is -0.455 e. The SMILES string of the molecule is c1ccc2c(c1)ccc1c2c2c3oc4ccccc4c3ccc2n1-c1nc(-c2cc3sc4ccccc4c3c3ccccc23)c2ccccc2n1. The molecule has 0 aliphatic heterocycles. The first kappa shape index (κ1) is 27.3. The lowest BCUT2D eigenvalue weighted by molar-refractivity contribution is 0.673. The van der Waals surface area contributed by atoms with Gasteiger partial charge in [-0.3, -0.25) is 4.57 Å². The molecule has 0 atom stereocenters. The third kappa shape index (κ3) is 3.68. The Bertz CT molecular complexity index is 3440. The third-order valence-electron chi connectivity index (χ3n) is 10.6. The van der Waals surface area contributed by atoms with E-state index in [0.29, 0.717) is 5.95 Å². The second-order valence-electron chi connectivity index (χ2n) is 13.3. The van der Waals surface area contributed by atoms with Gasteiger partial charge in [0.25, 0.3) is 0 Å². The van der Waals surface area contributed by atoms with Crippen LogP contribution < -0.4 is 0 Å². The number of benzene rings is 8. The zero-order valence-corrected chi connectivity index (χ0v) is 27.9. The van der Waals surface area contributed by atoms with Crippen LogP contribution in [0.3, 0.4) is 0 Å². The molecule has 0 spiro atoms. The quantitative estimate of drug-likeness (QED) is 0.184. The molecule has 0 bridgehead atoms. The van der Waals surface area contributed by atoms with E-state index < -0.39 is 0 Å². The highest BCUT2D eigenvalue weighted by molar-refractivity contribution is 7.26. The Morgan fingerprint density at radius 2 is 1.16 bits per heavy atom. The van der Waals surface area contributed by atoms with Gasteiger partial charge < -0.3 is 4.42 Å². The molecule has 51 heavy (non-hydrogen) atoms. The van der Waals surface area contributed by atoms with E-state index in [1.807, 2.05) is 17.4 Å². The van der Waals surface area contributed by atoms with Gasteiger partial charge in [-0.05, 0) is 64.0 Å². The minimum atomic E-state index is 0.634. The van der Waals surface area contributed by atoms with Crippen LogP contribution in [0.15, 0.2) is 156 Å². The Kier molecular flexibility index (Phi) is 5.35. The molecule has 0 saturated carbocycles.